The van der Waals surface area contributed by atoms with Crippen LogP contribution in [0.3, 0.4) is 0 Å². The summed E-state index contributed by atoms with van der Waals surface area (Å²) in [6.07, 6.45) is 3.65. The largest absolute Gasteiger partial charge is 0.351 e. The average molecular weight is 286 g/mol. The van der Waals surface area contributed by atoms with Crippen molar-refractivity contribution in [1.29, 1.82) is 0 Å². The first-order valence-electron chi connectivity index (χ1n) is 7.00. The molecule has 0 saturated carbocycles. The van der Waals surface area contributed by atoms with E-state index in [4.69, 9.17) is 5.73 Å². The van der Waals surface area contributed by atoms with E-state index in [-0.39, 0.29) is 11.3 Å². The first kappa shape index (κ1) is 15.3. The number of para-hydroxylation sites is 1. The zero-order valence-electron chi connectivity index (χ0n) is 12.7. The van der Waals surface area contributed by atoms with Crippen molar-refractivity contribution < 1.29 is 4.79 Å². The molecule has 0 radical (unpaired) electrons. The fraction of sp³-hybridized carbons (Fsp3) is 0.375. The predicted molar refractivity (Wildman–Crippen MR) is 82.8 cm³/mol. The standard InChI is InChI=1S/C16H22N4O/c1-16(2,3)14(17)15(21)18-9-12-10-19-20(11-12)13-7-5-4-6-8-13/h4-8,10-11,14H,9,17H2,1-3H3,(H,18,21)/t14-/m1/s1. The van der Waals surface area contributed by atoms with Crippen LogP contribution in [0.15, 0.2) is 42.7 Å². The summed E-state index contributed by atoms with van der Waals surface area (Å²) >= 11 is 0. The number of carbonyl (C=O) groups excluding carboxylic acids is 1. The Morgan fingerprint density at radius 3 is 2.62 bits per heavy atom. The number of hydrogen-bond donors (Lipinski definition) is 2. The molecule has 5 nitrogen and oxygen atoms in total. The number of benzene rings is 1. The molecule has 0 saturated heterocycles. The van der Waals surface area contributed by atoms with Crippen LogP contribution in [-0.2, 0) is 11.3 Å². The minimum Gasteiger partial charge on any atom is -0.351 e. The third-order valence-electron chi connectivity index (χ3n) is 3.34. The highest BCUT2D eigenvalue weighted by atomic mass is 16.2. The van der Waals surface area contributed by atoms with Gasteiger partial charge < -0.3 is 11.1 Å². The molecule has 2 aromatic rings. The van der Waals surface area contributed by atoms with Crippen molar-refractivity contribution in [2.45, 2.75) is 33.4 Å². The second-order valence-corrected chi connectivity index (χ2v) is 6.19. The van der Waals surface area contributed by atoms with Gasteiger partial charge in [0.15, 0.2) is 0 Å². The van der Waals surface area contributed by atoms with Crippen LogP contribution >= 0.6 is 0 Å². The van der Waals surface area contributed by atoms with Crippen LogP contribution in [0, 0.1) is 5.41 Å². The van der Waals surface area contributed by atoms with Gasteiger partial charge in [0.25, 0.3) is 0 Å². The minimum absolute atomic E-state index is 0.144. The topological polar surface area (TPSA) is 72.9 Å². The van der Waals surface area contributed by atoms with Gasteiger partial charge in [-0.15, -0.1) is 0 Å². The van der Waals surface area contributed by atoms with E-state index >= 15 is 0 Å². The fourth-order valence-corrected chi connectivity index (χ4v) is 1.87. The van der Waals surface area contributed by atoms with E-state index in [1.807, 2.05) is 57.3 Å². The molecule has 2 rings (SSSR count). The van der Waals surface area contributed by atoms with Crippen LogP contribution in [0.5, 0.6) is 0 Å². The lowest BCUT2D eigenvalue weighted by atomic mass is 9.87. The lowest BCUT2D eigenvalue weighted by Gasteiger charge is -2.25. The first-order chi connectivity index (χ1) is 9.88. The summed E-state index contributed by atoms with van der Waals surface area (Å²) in [5.74, 6) is -0.144. The Bertz CT molecular complexity index is 598. The van der Waals surface area contributed by atoms with Gasteiger partial charge in [0.2, 0.25) is 5.91 Å². The Morgan fingerprint density at radius 1 is 1.33 bits per heavy atom. The highest BCUT2D eigenvalue weighted by Gasteiger charge is 2.27. The molecule has 5 heteroatoms. The number of nitrogens with one attached hydrogen (secondary N) is 1. The summed E-state index contributed by atoms with van der Waals surface area (Å²) in [4.78, 5) is 12.0. The summed E-state index contributed by atoms with van der Waals surface area (Å²) in [7, 11) is 0. The number of amides is 1. The van der Waals surface area contributed by atoms with Gasteiger partial charge in [0, 0.05) is 18.3 Å². The molecule has 0 fully saturated rings. The maximum Gasteiger partial charge on any atom is 0.237 e. The van der Waals surface area contributed by atoms with Crippen molar-refractivity contribution in [2.75, 3.05) is 0 Å². The second-order valence-electron chi connectivity index (χ2n) is 6.19. The molecule has 0 unspecified atom stereocenters. The third-order valence-corrected chi connectivity index (χ3v) is 3.34. The third kappa shape index (κ3) is 3.92. The van der Waals surface area contributed by atoms with Gasteiger partial charge in [-0.1, -0.05) is 39.0 Å². The van der Waals surface area contributed by atoms with Crippen molar-refractivity contribution in [3.63, 3.8) is 0 Å². The van der Waals surface area contributed by atoms with Crippen molar-refractivity contribution in [1.82, 2.24) is 15.1 Å². The fourth-order valence-electron chi connectivity index (χ4n) is 1.87. The number of nitrogens with zero attached hydrogens (tertiary/aromatic N) is 2. The summed E-state index contributed by atoms with van der Waals surface area (Å²) < 4.78 is 1.78. The van der Waals surface area contributed by atoms with Crippen LogP contribution in [0.25, 0.3) is 5.69 Å². The van der Waals surface area contributed by atoms with E-state index in [2.05, 4.69) is 10.4 Å². The Hall–Kier alpha value is -2.14. The Morgan fingerprint density at radius 2 is 2.00 bits per heavy atom. The van der Waals surface area contributed by atoms with E-state index < -0.39 is 6.04 Å². The summed E-state index contributed by atoms with van der Waals surface area (Å²) in [5, 5.41) is 7.14. The van der Waals surface area contributed by atoms with Gasteiger partial charge in [-0.25, -0.2) is 4.68 Å². The zero-order chi connectivity index (χ0) is 15.5. The van der Waals surface area contributed by atoms with Gasteiger partial charge >= 0.3 is 0 Å². The van der Waals surface area contributed by atoms with E-state index in [0.717, 1.165) is 11.3 Å². The SMILES string of the molecule is CC(C)(C)[C@H](N)C(=O)NCc1cnn(-c2ccccc2)c1. The van der Waals surface area contributed by atoms with Crippen molar-refractivity contribution in [2.24, 2.45) is 11.1 Å². The monoisotopic (exact) mass is 286 g/mol. The molecular weight excluding hydrogens is 264 g/mol. The molecule has 1 aromatic heterocycles. The average Bonchev–Trinajstić information content (AvgIpc) is 2.93. The number of hydrogen-bond acceptors (Lipinski definition) is 3. The van der Waals surface area contributed by atoms with E-state index in [9.17, 15) is 4.79 Å². The van der Waals surface area contributed by atoms with E-state index in [1.54, 1.807) is 10.9 Å². The maximum absolute atomic E-state index is 12.0. The second kappa shape index (κ2) is 6.10. The molecule has 0 bridgehead atoms. The number of aromatic nitrogens is 2. The highest BCUT2D eigenvalue weighted by Crippen LogP contribution is 2.17. The smallest absolute Gasteiger partial charge is 0.237 e. The van der Waals surface area contributed by atoms with Crippen molar-refractivity contribution in [3.8, 4) is 5.69 Å². The molecular formula is C16H22N4O. The van der Waals surface area contributed by atoms with Gasteiger partial charge in [0.05, 0.1) is 17.9 Å². The normalized spacial score (nSPS) is 13.0. The summed E-state index contributed by atoms with van der Waals surface area (Å²) in [5.41, 5.74) is 7.60. The van der Waals surface area contributed by atoms with Crippen LogP contribution in [0.2, 0.25) is 0 Å². The number of carbonyl (C=O) groups is 1. The van der Waals surface area contributed by atoms with Crippen molar-refractivity contribution in [3.05, 3.63) is 48.3 Å². The summed E-state index contributed by atoms with van der Waals surface area (Å²) in [6.45, 7) is 6.27. The Labute approximate surface area is 125 Å². The van der Waals surface area contributed by atoms with Crippen LogP contribution in [0.1, 0.15) is 26.3 Å². The Kier molecular flexibility index (Phi) is 4.43. The molecule has 1 heterocycles. The lowest BCUT2D eigenvalue weighted by molar-refractivity contribution is -0.124. The first-order valence-corrected chi connectivity index (χ1v) is 7.00. The van der Waals surface area contributed by atoms with E-state index in [1.165, 1.54) is 0 Å². The Balaban J connectivity index is 1.96. The quantitative estimate of drug-likeness (QED) is 0.901. The number of rotatable bonds is 4. The highest BCUT2D eigenvalue weighted by molar-refractivity contribution is 5.82. The molecule has 3 N–H and O–H groups in total. The van der Waals surface area contributed by atoms with Crippen LogP contribution in [0.4, 0.5) is 0 Å². The van der Waals surface area contributed by atoms with Gasteiger partial charge in [-0.3, -0.25) is 4.79 Å². The number of nitrogens with two attached hydrogens (primary N) is 1. The molecule has 1 aromatic carbocycles. The molecule has 0 spiro atoms. The van der Waals surface area contributed by atoms with Gasteiger partial charge in [0.1, 0.15) is 0 Å². The van der Waals surface area contributed by atoms with Gasteiger partial charge in [-0.2, -0.15) is 5.10 Å². The lowest BCUT2D eigenvalue weighted by Crippen LogP contribution is -2.48. The van der Waals surface area contributed by atoms with Crippen LogP contribution < -0.4 is 11.1 Å². The molecule has 0 aliphatic carbocycles. The van der Waals surface area contributed by atoms with Crippen molar-refractivity contribution >= 4 is 5.91 Å². The van der Waals surface area contributed by atoms with Gasteiger partial charge in [-0.05, 0) is 17.5 Å². The molecule has 21 heavy (non-hydrogen) atoms. The zero-order valence-corrected chi connectivity index (χ0v) is 12.7. The predicted octanol–water partition coefficient (Wildman–Crippen LogP) is 1.86. The molecule has 1 atom stereocenters. The maximum atomic E-state index is 12.0. The van der Waals surface area contributed by atoms with Crippen LogP contribution in [-0.4, -0.2) is 21.7 Å². The molecule has 0 aliphatic rings. The molecule has 1 amide bonds. The minimum atomic E-state index is -0.526. The van der Waals surface area contributed by atoms with E-state index in [0.29, 0.717) is 6.54 Å². The summed E-state index contributed by atoms with van der Waals surface area (Å²) in [6, 6.07) is 9.31. The molecule has 0 aliphatic heterocycles. The molecule has 112 valence electrons.